The van der Waals surface area contributed by atoms with Crippen molar-refractivity contribution in [3.63, 3.8) is 0 Å². The molecule has 2 rings (SSSR count). The summed E-state index contributed by atoms with van der Waals surface area (Å²) >= 11 is 0. The van der Waals surface area contributed by atoms with Crippen molar-refractivity contribution in [2.24, 2.45) is 0 Å². The van der Waals surface area contributed by atoms with E-state index in [1.807, 2.05) is 6.92 Å². The average Bonchev–Trinajstić information content (AvgIpc) is 2.93. The molecule has 1 unspecified atom stereocenters. The molecule has 0 aliphatic rings. The van der Waals surface area contributed by atoms with Gasteiger partial charge in [-0.3, -0.25) is 4.79 Å². The van der Waals surface area contributed by atoms with Crippen LogP contribution in [0, 0.1) is 0 Å². The molecule has 0 aliphatic heterocycles. The number of hydrogen-bond donors (Lipinski definition) is 1. The molecule has 0 radical (unpaired) electrons. The SMILES string of the molecule is CC(NCCn1c(C(F)(F)F)cccc1=O)c1ccco1. The van der Waals surface area contributed by atoms with Gasteiger partial charge in [0.15, 0.2) is 0 Å². The number of aromatic nitrogens is 1. The fourth-order valence-corrected chi connectivity index (χ4v) is 2.03. The number of nitrogens with one attached hydrogen (secondary N) is 1. The van der Waals surface area contributed by atoms with Crippen LogP contribution in [0.2, 0.25) is 0 Å². The second-order valence-electron chi connectivity index (χ2n) is 4.59. The van der Waals surface area contributed by atoms with Gasteiger partial charge in [-0.1, -0.05) is 6.07 Å². The Bertz CT molecular complexity index is 632. The minimum Gasteiger partial charge on any atom is -0.468 e. The summed E-state index contributed by atoms with van der Waals surface area (Å²) in [5.41, 5.74) is -1.61. The summed E-state index contributed by atoms with van der Waals surface area (Å²) in [5.74, 6) is 0.687. The molecule has 1 N–H and O–H groups in total. The first-order valence-corrected chi connectivity index (χ1v) is 6.43. The lowest BCUT2D eigenvalue weighted by molar-refractivity contribution is -0.144. The number of nitrogens with zero attached hydrogens (tertiary/aromatic N) is 1. The third kappa shape index (κ3) is 3.75. The van der Waals surface area contributed by atoms with Gasteiger partial charge in [0.2, 0.25) is 0 Å². The predicted molar refractivity (Wildman–Crippen MR) is 70.8 cm³/mol. The van der Waals surface area contributed by atoms with E-state index >= 15 is 0 Å². The second kappa shape index (κ2) is 6.17. The number of hydrogen-bond acceptors (Lipinski definition) is 3. The summed E-state index contributed by atoms with van der Waals surface area (Å²) in [6, 6.07) is 6.49. The molecule has 1 atom stereocenters. The lowest BCUT2D eigenvalue weighted by atomic mass is 10.2. The molecule has 0 bridgehead atoms. The maximum Gasteiger partial charge on any atom is 0.431 e. The molecule has 0 fully saturated rings. The Hall–Kier alpha value is -2.02. The summed E-state index contributed by atoms with van der Waals surface area (Å²) < 4.78 is 44.4. The standard InChI is InChI=1S/C14H15F3N2O2/c1-10(11-4-3-9-21-11)18-7-8-19-12(14(15,16)17)5-2-6-13(19)20/h2-6,9-10,18H,7-8H2,1H3. The third-order valence-corrected chi connectivity index (χ3v) is 3.10. The number of alkyl halides is 3. The van der Waals surface area contributed by atoms with Crippen LogP contribution in [0.25, 0.3) is 0 Å². The summed E-state index contributed by atoms with van der Waals surface area (Å²) in [4.78, 5) is 11.6. The highest BCUT2D eigenvalue weighted by Crippen LogP contribution is 2.27. The minimum atomic E-state index is -4.55. The molecule has 114 valence electrons. The van der Waals surface area contributed by atoms with Crippen LogP contribution < -0.4 is 10.9 Å². The summed E-state index contributed by atoms with van der Waals surface area (Å²) in [5, 5.41) is 3.02. The molecule has 7 heteroatoms. The molecule has 0 spiro atoms. The zero-order valence-electron chi connectivity index (χ0n) is 11.4. The Balaban J connectivity index is 2.05. The lowest BCUT2D eigenvalue weighted by Crippen LogP contribution is -2.32. The van der Waals surface area contributed by atoms with Crippen molar-refractivity contribution in [3.8, 4) is 0 Å². The van der Waals surface area contributed by atoms with Crippen molar-refractivity contribution in [1.82, 2.24) is 9.88 Å². The van der Waals surface area contributed by atoms with E-state index in [-0.39, 0.29) is 19.1 Å². The first kappa shape index (κ1) is 15.4. The Morgan fingerprint density at radius 1 is 1.29 bits per heavy atom. The van der Waals surface area contributed by atoms with E-state index in [1.165, 1.54) is 6.26 Å². The van der Waals surface area contributed by atoms with Gasteiger partial charge in [0.1, 0.15) is 11.5 Å². The maximum absolute atomic E-state index is 12.8. The van der Waals surface area contributed by atoms with E-state index in [0.29, 0.717) is 5.76 Å². The third-order valence-electron chi connectivity index (χ3n) is 3.10. The predicted octanol–water partition coefficient (Wildman–Crippen LogP) is 2.81. The van der Waals surface area contributed by atoms with Gasteiger partial charge in [0.05, 0.1) is 12.3 Å². The quantitative estimate of drug-likeness (QED) is 0.923. The van der Waals surface area contributed by atoms with Crippen molar-refractivity contribution in [3.05, 3.63) is 58.4 Å². The number of pyridine rings is 1. The Morgan fingerprint density at radius 3 is 2.67 bits per heavy atom. The van der Waals surface area contributed by atoms with Crippen molar-refractivity contribution in [2.75, 3.05) is 6.54 Å². The maximum atomic E-state index is 12.8. The van der Waals surface area contributed by atoms with Gasteiger partial charge in [-0.2, -0.15) is 13.2 Å². The van der Waals surface area contributed by atoms with Gasteiger partial charge in [-0.05, 0) is 25.1 Å². The lowest BCUT2D eigenvalue weighted by Gasteiger charge is -2.16. The van der Waals surface area contributed by atoms with Gasteiger partial charge in [-0.15, -0.1) is 0 Å². The van der Waals surface area contributed by atoms with Gasteiger partial charge in [-0.25, -0.2) is 0 Å². The summed E-state index contributed by atoms with van der Waals surface area (Å²) in [6.07, 6.45) is -3.02. The molecule has 0 amide bonds. The highest BCUT2D eigenvalue weighted by atomic mass is 19.4. The van der Waals surface area contributed by atoms with E-state index in [0.717, 1.165) is 22.8 Å². The number of furan rings is 1. The van der Waals surface area contributed by atoms with Crippen LogP contribution in [-0.2, 0) is 12.7 Å². The Morgan fingerprint density at radius 2 is 2.05 bits per heavy atom. The van der Waals surface area contributed by atoms with E-state index in [4.69, 9.17) is 4.42 Å². The fraction of sp³-hybridized carbons (Fsp3) is 0.357. The fourth-order valence-electron chi connectivity index (χ4n) is 2.03. The van der Waals surface area contributed by atoms with Crippen LogP contribution in [0.4, 0.5) is 13.2 Å². The largest absolute Gasteiger partial charge is 0.468 e. The molecule has 0 aliphatic carbocycles. The van der Waals surface area contributed by atoms with E-state index in [1.54, 1.807) is 12.1 Å². The molecule has 2 heterocycles. The van der Waals surface area contributed by atoms with Gasteiger partial charge in [0.25, 0.3) is 5.56 Å². The zero-order chi connectivity index (χ0) is 15.5. The highest BCUT2D eigenvalue weighted by molar-refractivity contribution is 5.10. The van der Waals surface area contributed by atoms with E-state index in [9.17, 15) is 18.0 Å². The van der Waals surface area contributed by atoms with Gasteiger partial charge in [0, 0.05) is 19.2 Å². The smallest absolute Gasteiger partial charge is 0.431 e. The molecule has 4 nitrogen and oxygen atoms in total. The van der Waals surface area contributed by atoms with Crippen LogP contribution in [0.5, 0.6) is 0 Å². The monoisotopic (exact) mass is 300 g/mol. The first-order chi connectivity index (χ1) is 9.89. The molecule has 21 heavy (non-hydrogen) atoms. The molecular weight excluding hydrogens is 285 g/mol. The number of rotatable bonds is 5. The van der Waals surface area contributed by atoms with E-state index in [2.05, 4.69) is 5.32 Å². The Labute approximate surface area is 119 Å². The van der Waals surface area contributed by atoms with Crippen molar-refractivity contribution < 1.29 is 17.6 Å². The molecule has 0 aromatic carbocycles. The van der Waals surface area contributed by atoms with Gasteiger partial charge < -0.3 is 14.3 Å². The van der Waals surface area contributed by atoms with Crippen LogP contribution in [0.15, 0.2) is 45.8 Å². The van der Waals surface area contributed by atoms with E-state index < -0.39 is 17.4 Å². The molecular formula is C14H15F3N2O2. The normalized spacial score (nSPS) is 13.3. The minimum absolute atomic E-state index is 0.0699. The average molecular weight is 300 g/mol. The zero-order valence-corrected chi connectivity index (χ0v) is 11.4. The summed E-state index contributed by atoms with van der Waals surface area (Å²) in [6.45, 7) is 1.98. The second-order valence-corrected chi connectivity index (χ2v) is 4.59. The molecule has 2 aromatic heterocycles. The van der Waals surface area contributed by atoms with Crippen LogP contribution in [0.1, 0.15) is 24.4 Å². The van der Waals surface area contributed by atoms with Crippen molar-refractivity contribution in [1.29, 1.82) is 0 Å². The summed E-state index contributed by atoms with van der Waals surface area (Å²) in [7, 11) is 0. The van der Waals surface area contributed by atoms with Crippen LogP contribution in [0.3, 0.4) is 0 Å². The topological polar surface area (TPSA) is 47.2 Å². The molecule has 0 saturated carbocycles. The van der Waals surface area contributed by atoms with Gasteiger partial charge >= 0.3 is 6.18 Å². The van der Waals surface area contributed by atoms with Crippen molar-refractivity contribution >= 4 is 0 Å². The van der Waals surface area contributed by atoms with Crippen molar-refractivity contribution in [2.45, 2.75) is 25.7 Å². The number of halogens is 3. The van der Waals surface area contributed by atoms with Crippen LogP contribution >= 0.6 is 0 Å². The Kier molecular flexibility index (Phi) is 4.52. The molecule has 2 aromatic rings. The van der Waals surface area contributed by atoms with Crippen LogP contribution in [-0.4, -0.2) is 11.1 Å². The first-order valence-electron chi connectivity index (χ1n) is 6.43. The molecule has 0 saturated heterocycles. The highest BCUT2D eigenvalue weighted by Gasteiger charge is 2.33.